The highest BCUT2D eigenvalue weighted by Gasteiger charge is 2.20. The second-order valence-electron chi connectivity index (χ2n) is 10.8. The largest absolute Gasteiger partial charge is 0.328 e. The number of nitrogens with zero attached hydrogens (tertiary/aromatic N) is 5. The molecule has 0 radical (unpaired) electrons. The monoisotopic (exact) mass is 526 g/mol. The SMILES string of the molecule is CCCC(CCC(=O)CC1CCCCC1)n1ccn(Cc2ccc(-c3ccccc3-c3nn[nH]n3)cc2)c1=O. The third-order valence-corrected chi connectivity index (χ3v) is 8.02. The summed E-state index contributed by atoms with van der Waals surface area (Å²) < 4.78 is 3.60. The number of nitrogens with one attached hydrogen (secondary N) is 1. The lowest BCUT2D eigenvalue weighted by Gasteiger charge is -2.21. The van der Waals surface area contributed by atoms with Gasteiger partial charge in [0.05, 0.1) is 6.54 Å². The van der Waals surface area contributed by atoms with Crippen molar-refractivity contribution in [3.8, 4) is 22.5 Å². The predicted molar refractivity (Wildman–Crippen MR) is 152 cm³/mol. The maximum Gasteiger partial charge on any atom is 0.328 e. The molecule has 1 unspecified atom stereocenters. The summed E-state index contributed by atoms with van der Waals surface area (Å²) in [5, 5.41) is 14.5. The summed E-state index contributed by atoms with van der Waals surface area (Å²) in [7, 11) is 0. The Hall–Kier alpha value is -3.81. The van der Waals surface area contributed by atoms with Crippen molar-refractivity contribution in [1.29, 1.82) is 0 Å². The number of aromatic amines is 1. The van der Waals surface area contributed by atoms with Crippen LogP contribution in [0.15, 0.2) is 65.7 Å². The lowest BCUT2D eigenvalue weighted by molar-refractivity contribution is -0.120. The molecule has 2 aromatic carbocycles. The van der Waals surface area contributed by atoms with E-state index in [4.69, 9.17) is 0 Å². The van der Waals surface area contributed by atoms with Crippen LogP contribution in [0.4, 0.5) is 0 Å². The molecule has 4 aromatic rings. The van der Waals surface area contributed by atoms with Gasteiger partial charge in [-0.05, 0) is 40.7 Å². The molecule has 1 atom stereocenters. The summed E-state index contributed by atoms with van der Waals surface area (Å²) in [5.74, 6) is 1.48. The van der Waals surface area contributed by atoms with Gasteiger partial charge in [0, 0.05) is 36.8 Å². The highest BCUT2D eigenvalue weighted by Crippen LogP contribution is 2.30. The van der Waals surface area contributed by atoms with E-state index in [1.807, 2.05) is 41.2 Å². The number of benzene rings is 2. The summed E-state index contributed by atoms with van der Waals surface area (Å²) in [4.78, 5) is 26.0. The molecule has 5 rings (SSSR count). The molecule has 2 heterocycles. The van der Waals surface area contributed by atoms with Crippen LogP contribution >= 0.6 is 0 Å². The fourth-order valence-electron chi connectivity index (χ4n) is 5.92. The van der Waals surface area contributed by atoms with Crippen molar-refractivity contribution in [2.24, 2.45) is 5.92 Å². The number of rotatable bonds is 12. The Morgan fingerprint density at radius 3 is 2.49 bits per heavy atom. The quantitative estimate of drug-likeness (QED) is 0.237. The van der Waals surface area contributed by atoms with Crippen LogP contribution < -0.4 is 5.69 Å². The van der Waals surface area contributed by atoms with Crippen LogP contribution in [-0.2, 0) is 11.3 Å². The maximum absolute atomic E-state index is 13.3. The first kappa shape index (κ1) is 26.8. The second-order valence-corrected chi connectivity index (χ2v) is 10.8. The zero-order valence-corrected chi connectivity index (χ0v) is 22.8. The molecule has 1 fully saturated rings. The van der Waals surface area contributed by atoms with E-state index in [1.165, 1.54) is 32.1 Å². The van der Waals surface area contributed by atoms with Crippen LogP contribution in [0.2, 0.25) is 0 Å². The average Bonchev–Trinajstić information content (AvgIpc) is 3.63. The highest BCUT2D eigenvalue weighted by atomic mass is 16.1. The molecule has 1 saturated carbocycles. The van der Waals surface area contributed by atoms with Gasteiger partial charge < -0.3 is 0 Å². The highest BCUT2D eigenvalue weighted by molar-refractivity contribution is 5.80. The topological polar surface area (TPSA) is 98.5 Å². The van der Waals surface area contributed by atoms with Gasteiger partial charge in [0.15, 0.2) is 0 Å². The Balaban J connectivity index is 1.24. The zero-order chi connectivity index (χ0) is 27.0. The lowest BCUT2D eigenvalue weighted by Crippen LogP contribution is -2.28. The first-order chi connectivity index (χ1) is 19.1. The van der Waals surface area contributed by atoms with Crippen molar-refractivity contribution in [3.05, 3.63) is 77.0 Å². The van der Waals surface area contributed by atoms with E-state index in [0.717, 1.165) is 41.5 Å². The molecular formula is C31H38N6O2. The molecule has 1 aliphatic rings. The first-order valence-corrected chi connectivity index (χ1v) is 14.3. The van der Waals surface area contributed by atoms with E-state index in [-0.39, 0.29) is 11.7 Å². The van der Waals surface area contributed by atoms with E-state index in [9.17, 15) is 9.59 Å². The van der Waals surface area contributed by atoms with Gasteiger partial charge in [0.25, 0.3) is 0 Å². The van der Waals surface area contributed by atoms with Crippen molar-refractivity contribution in [2.45, 2.75) is 83.7 Å². The normalized spacial score (nSPS) is 14.9. The fourth-order valence-corrected chi connectivity index (χ4v) is 5.92. The number of aromatic nitrogens is 6. The lowest BCUT2D eigenvalue weighted by atomic mass is 9.85. The van der Waals surface area contributed by atoms with Crippen molar-refractivity contribution in [1.82, 2.24) is 29.8 Å². The van der Waals surface area contributed by atoms with Gasteiger partial charge in [-0.1, -0.05) is 94.0 Å². The first-order valence-electron chi connectivity index (χ1n) is 14.3. The Labute approximate surface area is 229 Å². The minimum atomic E-state index is -0.0142. The van der Waals surface area contributed by atoms with E-state index in [1.54, 1.807) is 4.57 Å². The minimum Gasteiger partial charge on any atom is -0.300 e. The van der Waals surface area contributed by atoms with Crippen LogP contribution in [0.5, 0.6) is 0 Å². The number of carbonyl (C=O) groups is 1. The van der Waals surface area contributed by atoms with Crippen molar-refractivity contribution in [3.63, 3.8) is 0 Å². The van der Waals surface area contributed by atoms with Crippen LogP contribution in [0.3, 0.4) is 0 Å². The summed E-state index contributed by atoms with van der Waals surface area (Å²) in [6, 6.07) is 16.3. The van der Waals surface area contributed by atoms with Gasteiger partial charge in [-0.15, -0.1) is 10.2 Å². The summed E-state index contributed by atoms with van der Waals surface area (Å²) in [6.45, 7) is 2.63. The molecule has 0 spiro atoms. The van der Waals surface area contributed by atoms with Crippen LogP contribution in [0, 0.1) is 5.92 Å². The molecule has 0 bridgehead atoms. The predicted octanol–water partition coefficient (Wildman–Crippen LogP) is 6.21. The maximum atomic E-state index is 13.3. The van der Waals surface area contributed by atoms with Gasteiger partial charge >= 0.3 is 5.69 Å². The van der Waals surface area contributed by atoms with E-state index < -0.39 is 0 Å². The summed E-state index contributed by atoms with van der Waals surface area (Å²) in [5.41, 5.74) is 4.01. The Morgan fingerprint density at radius 2 is 1.77 bits per heavy atom. The fraction of sp³-hybridized carbons (Fsp3) is 0.452. The second kappa shape index (κ2) is 12.8. The van der Waals surface area contributed by atoms with Crippen LogP contribution in [0.1, 0.15) is 82.7 Å². The Bertz CT molecular complexity index is 1400. The van der Waals surface area contributed by atoms with Gasteiger partial charge in [-0.2, -0.15) is 5.21 Å². The summed E-state index contributed by atoms with van der Waals surface area (Å²) in [6.07, 6.45) is 13.9. The van der Waals surface area contributed by atoms with Crippen molar-refractivity contribution in [2.75, 3.05) is 0 Å². The van der Waals surface area contributed by atoms with Gasteiger partial charge in [0.1, 0.15) is 5.78 Å². The summed E-state index contributed by atoms with van der Waals surface area (Å²) >= 11 is 0. The number of H-pyrrole nitrogens is 1. The molecular weight excluding hydrogens is 488 g/mol. The molecule has 0 saturated heterocycles. The smallest absolute Gasteiger partial charge is 0.300 e. The molecule has 0 aliphatic heterocycles. The molecule has 39 heavy (non-hydrogen) atoms. The number of hydrogen-bond donors (Lipinski definition) is 1. The molecule has 1 aliphatic carbocycles. The number of imidazole rings is 1. The number of tetrazole rings is 1. The van der Waals surface area contributed by atoms with Crippen LogP contribution in [-0.4, -0.2) is 35.5 Å². The van der Waals surface area contributed by atoms with Crippen LogP contribution in [0.25, 0.3) is 22.5 Å². The van der Waals surface area contributed by atoms with Crippen molar-refractivity contribution >= 4 is 5.78 Å². The Kier molecular flexibility index (Phi) is 8.81. The molecule has 8 heteroatoms. The van der Waals surface area contributed by atoms with Gasteiger partial charge in [-0.3, -0.25) is 13.9 Å². The zero-order valence-electron chi connectivity index (χ0n) is 22.8. The number of carbonyl (C=O) groups excluding carboxylic acids is 1. The average molecular weight is 527 g/mol. The number of Topliss-reactive ketones (excluding diaryl/α,β-unsaturated/α-hetero) is 1. The van der Waals surface area contributed by atoms with Crippen molar-refractivity contribution < 1.29 is 4.79 Å². The third-order valence-electron chi connectivity index (χ3n) is 8.02. The number of ketones is 1. The Morgan fingerprint density at radius 1 is 1.00 bits per heavy atom. The van der Waals surface area contributed by atoms with E-state index >= 15 is 0 Å². The van der Waals surface area contributed by atoms with E-state index in [0.29, 0.717) is 36.9 Å². The standard InChI is InChI=1S/C31H38N6O2/c1-2-8-26(17-18-27(38)21-23-9-4-3-5-10-23)37-20-19-36(31(37)39)22-24-13-15-25(16-14-24)28-11-6-7-12-29(28)30-32-34-35-33-30/h6-7,11-16,19-20,23,26H,2-5,8-10,17-18,21-22H2,1H3,(H,32,33,34,35). The molecule has 8 nitrogen and oxygen atoms in total. The van der Waals surface area contributed by atoms with E-state index in [2.05, 4.69) is 51.8 Å². The number of hydrogen-bond acceptors (Lipinski definition) is 5. The third kappa shape index (κ3) is 6.61. The molecule has 0 amide bonds. The molecule has 1 N–H and O–H groups in total. The molecule has 2 aromatic heterocycles. The van der Waals surface area contributed by atoms with Gasteiger partial charge in [0.2, 0.25) is 5.82 Å². The van der Waals surface area contributed by atoms with Gasteiger partial charge in [-0.25, -0.2) is 4.79 Å². The molecule has 204 valence electrons. The minimum absolute atomic E-state index is 0.0142.